The fourth-order valence-electron chi connectivity index (χ4n) is 2.04. The molecule has 2 rings (SSSR count). The Morgan fingerprint density at radius 2 is 1.35 bits per heavy atom. The molecule has 0 heterocycles. The van der Waals surface area contributed by atoms with Gasteiger partial charge in [0.25, 0.3) is 0 Å². The minimum Gasteiger partial charge on any atom is -0.508 e. The number of aryl methyl sites for hydroxylation is 2. The van der Waals surface area contributed by atoms with Crippen LogP contribution in [0, 0.1) is 6.92 Å². The van der Waals surface area contributed by atoms with Crippen LogP contribution >= 0.6 is 0 Å². The minimum absolute atomic E-state index is 0. The number of phenolic OH excluding ortho intramolecular Hbond substituents is 2. The van der Waals surface area contributed by atoms with Crippen molar-refractivity contribution in [3.8, 4) is 11.5 Å². The predicted molar refractivity (Wildman–Crippen MR) is 121 cm³/mol. The van der Waals surface area contributed by atoms with Crippen LogP contribution in [0.2, 0.25) is 0 Å². The van der Waals surface area contributed by atoms with Gasteiger partial charge < -0.3 is 10.2 Å². The molecule has 2 nitrogen and oxygen atoms in total. The van der Waals surface area contributed by atoms with Gasteiger partial charge in [-0.3, -0.25) is 0 Å². The fourth-order valence-corrected chi connectivity index (χ4v) is 2.04. The Balaban J connectivity index is -0.000000154. The van der Waals surface area contributed by atoms with Crippen LogP contribution in [0.5, 0.6) is 11.5 Å². The smallest absolute Gasteiger partial charge is 0.121 e. The molecule has 2 aromatic rings. The first-order valence-electron chi connectivity index (χ1n) is 8.55. The van der Waals surface area contributed by atoms with Crippen molar-refractivity contribution in [2.75, 3.05) is 0 Å². The summed E-state index contributed by atoms with van der Waals surface area (Å²) in [5, 5.41) is 18.4. The van der Waals surface area contributed by atoms with Gasteiger partial charge in [-0.25, -0.2) is 0 Å². The third kappa shape index (κ3) is 10.8. The Morgan fingerprint density at radius 1 is 0.846 bits per heavy atom. The number of aromatic hydroxyl groups is 2. The standard InChI is InChI=1S/C10H14O.C9H12O.C2H6.3CH4/c1-3-8(2)9-4-6-10(11)7-5-9;1-3-8-6-4-5-7(2)9(8)10;1-2;;;/h4-8,11H,3H2,1-2H3;4-6,10H,3H2,1-2H3;1-2H3;3*1H4. The topological polar surface area (TPSA) is 40.5 Å². The van der Waals surface area contributed by atoms with Crippen molar-refractivity contribution in [1.29, 1.82) is 0 Å². The van der Waals surface area contributed by atoms with Gasteiger partial charge >= 0.3 is 0 Å². The van der Waals surface area contributed by atoms with E-state index >= 15 is 0 Å². The average molecular weight is 365 g/mol. The second-order valence-corrected chi connectivity index (χ2v) is 5.34. The molecule has 1 unspecified atom stereocenters. The van der Waals surface area contributed by atoms with Gasteiger partial charge in [0.15, 0.2) is 0 Å². The Morgan fingerprint density at radius 3 is 1.73 bits per heavy atom. The van der Waals surface area contributed by atoms with Crippen LogP contribution in [-0.4, -0.2) is 10.2 Å². The van der Waals surface area contributed by atoms with Gasteiger partial charge in [0, 0.05) is 0 Å². The van der Waals surface area contributed by atoms with Gasteiger partial charge in [0.2, 0.25) is 0 Å². The van der Waals surface area contributed by atoms with E-state index in [9.17, 15) is 5.11 Å². The van der Waals surface area contributed by atoms with Gasteiger partial charge in [-0.1, -0.05) is 87.2 Å². The predicted octanol–water partition coefficient (Wildman–Crippen LogP) is 8.10. The summed E-state index contributed by atoms with van der Waals surface area (Å²) in [6.45, 7) is 12.3. The van der Waals surface area contributed by atoms with E-state index in [1.54, 1.807) is 12.1 Å². The number of hydrogen-bond acceptors (Lipinski definition) is 2. The molecule has 0 aliphatic carbocycles. The summed E-state index contributed by atoms with van der Waals surface area (Å²) >= 11 is 0. The highest BCUT2D eigenvalue weighted by atomic mass is 16.3. The van der Waals surface area contributed by atoms with Crippen LogP contribution in [0.25, 0.3) is 0 Å². The van der Waals surface area contributed by atoms with E-state index in [4.69, 9.17) is 5.11 Å². The molecular weight excluding hydrogens is 320 g/mol. The molecule has 2 heteroatoms. The molecule has 0 aliphatic heterocycles. The monoisotopic (exact) mass is 364 g/mol. The van der Waals surface area contributed by atoms with Gasteiger partial charge in [-0.05, 0) is 54.5 Å². The molecule has 1 atom stereocenters. The van der Waals surface area contributed by atoms with E-state index in [2.05, 4.69) is 13.8 Å². The zero-order valence-electron chi connectivity index (χ0n) is 15.4. The maximum atomic E-state index is 9.40. The van der Waals surface area contributed by atoms with Gasteiger partial charge in [-0.15, -0.1) is 0 Å². The van der Waals surface area contributed by atoms with E-state index in [-0.39, 0.29) is 22.3 Å². The zero-order chi connectivity index (χ0) is 17.8. The van der Waals surface area contributed by atoms with Crippen LogP contribution in [0.1, 0.15) is 85.9 Å². The Kier molecular flexibility index (Phi) is 21.8. The second kappa shape index (κ2) is 17.8. The van der Waals surface area contributed by atoms with Gasteiger partial charge in [-0.2, -0.15) is 0 Å². The maximum Gasteiger partial charge on any atom is 0.121 e. The summed E-state index contributed by atoms with van der Waals surface area (Å²) in [5.74, 6) is 1.39. The van der Waals surface area contributed by atoms with Crippen molar-refractivity contribution in [3.05, 3.63) is 59.2 Å². The highest BCUT2D eigenvalue weighted by Gasteiger charge is 2.01. The van der Waals surface area contributed by atoms with Crippen molar-refractivity contribution in [2.24, 2.45) is 0 Å². The first-order chi connectivity index (χ1) is 11.0. The van der Waals surface area contributed by atoms with Crippen LogP contribution in [0.3, 0.4) is 0 Å². The first kappa shape index (κ1) is 31.8. The quantitative estimate of drug-likeness (QED) is 0.577. The lowest BCUT2D eigenvalue weighted by molar-refractivity contribution is 0.464. The summed E-state index contributed by atoms with van der Waals surface area (Å²) in [6, 6.07) is 13.3. The SMILES string of the molecule is C.C.C.CC.CCC(C)c1ccc(O)cc1.CCc1cccc(C)c1O. The molecule has 0 fully saturated rings. The number of rotatable bonds is 3. The van der Waals surface area contributed by atoms with Gasteiger partial charge in [0.1, 0.15) is 11.5 Å². The molecule has 0 radical (unpaired) electrons. The van der Waals surface area contributed by atoms with E-state index in [1.807, 2.05) is 58.0 Å². The van der Waals surface area contributed by atoms with E-state index < -0.39 is 0 Å². The molecule has 0 saturated carbocycles. The summed E-state index contributed by atoms with van der Waals surface area (Å²) in [6.07, 6.45) is 2.04. The number of phenols is 2. The Labute approximate surface area is 163 Å². The first-order valence-corrected chi connectivity index (χ1v) is 8.55. The average Bonchev–Trinajstić information content (AvgIpc) is 2.59. The number of para-hydroxylation sites is 1. The summed E-state index contributed by atoms with van der Waals surface area (Å²) < 4.78 is 0. The van der Waals surface area contributed by atoms with Crippen LogP contribution in [0.15, 0.2) is 42.5 Å². The van der Waals surface area contributed by atoms with Gasteiger partial charge in [0.05, 0.1) is 0 Å². The highest BCUT2D eigenvalue weighted by Crippen LogP contribution is 2.21. The molecule has 0 aliphatic rings. The molecule has 152 valence electrons. The zero-order valence-corrected chi connectivity index (χ0v) is 15.4. The van der Waals surface area contributed by atoms with E-state index in [0.717, 1.165) is 24.0 Å². The lowest BCUT2D eigenvalue weighted by atomic mass is 9.99. The largest absolute Gasteiger partial charge is 0.508 e. The lowest BCUT2D eigenvalue weighted by Crippen LogP contribution is -1.89. The molecule has 0 aromatic heterocycles. The molecule has 0 spiro atoms. The summed E-state index contributed by atoms with van der Waals surface area (Å²) in [7, 11) is 0. The van der Waals surface area contributed by atoms with Crippen LogP contribution in [0.4, 0.5) is 0 Å². The normalized spacial score (nSPS) is 9.46. The van der Waals surface area contributed by atoms with E-state index in [0.29, 0.717) is 17.4 Å². The number of benzene rings is 2. The second-order valence-electron chi connectivity index (χ2n) is 5.34. The van der Waals surface area contributed by atoms with Crippen LogP contribution < -0.4 is 0 Å². The number of hydrogen-bond donors (Lipinski definition) is 2. The Bertz CT molecular complexity index is 545. The minimum atomic E-state index is 0. The van der Waals surface area contributed by atoms with Crippen molar-refractivity contribution in [3.63, 3.8) is 0 Å². The van der Waals surface area contributed by atoms with Crippen LogP contribution in [-0.2, 0) is 6.42 Å². The molecule has 2 aromatic carbocycles. The third-order valence-electron chi connectivity index (χ3n) is 3.78. The van der Waals surface area contributed by atoms with E-state index in [1.165, 1.54) is 5.56 Å². The molecular formula is C24H44O2. The maximum absolute atomic E-state index is 9.40. The molecule has 26 heavy (non-hydrogen) atoms. The van der Waals surface area contributed by atoms with Crippen molar-refractivity contribution < 1.29 is 10.2 Å². The lowest BCUT2D eigenvalue weighted by Gasteiger charge is -2.07. The van der Waals surface area contributed by atoms with Crippen molar-refractivity contribution in [1.82, 2.24) is 0 Å². The third-order valence-corrected chi connectivity index (χ3v) is 3.78. The molecule has 0 amide bonds. The fraction of sp³-hybridized carbons (Fsp3) is 0.500. The molecule has 2 N–H and O–H groups in total. The Hall–Kier alpha value is -1.96. The highest BCUT2D eigenvalue weighted by molar-refractivity contribution is 5.39. The van der Waals surface area contributed by atoms with Crippen molar-refractivity contribution >= 4 is 0 Å². The van der Waals surface area contributed by atoms with Crippen molar-refractivity contribution in [2.45, 2.75) is 82.6 Å². The molecule has 0 saturated heterocycles. The summed E-state index contributed by atoms with van der Waals surface area (Å²) in [5.41, 5.74) is 3.28. The molecule has 0 bridgehead atoms. The summed E-state index contributed by atoms with van der Waals surface area (Å²) in [4.78, 5) is 0.